The van der Waals surface area contributed by atoms with Crippen molar-refractivity contribution in [3.63, 3.8) is 0 Å². The van der Waals surface area contributed by atoms with Crippen LogP contribution in [0.3, 0.4) is 0 Å². The summed E-state index contributed by atoms with van der Waals surface area (Å²) < 4.78 is 5.86. The maximum absolute atomic E-state index is 13.5. The first-order valence-corrected chi connectivity index (χ1v) is 10.4. The molecule has 0 radical (unpaired) electrons. The summed E-state index contributed by atoms with van der Waals surface area (Å²) in [5.41, 5.74) is 2.15. The Morgan fingerprint density at radius 2 is 1.93 bits per heavy atom. The van der Waals surface area contributed by atoms with E-state index in [2.05, 4.69) is 21.8 Å². The van der Waals surface area contributed by atoms with Gasteiger partial charge in [-0.05, 0) is 30.7 Å². The molecule has 2 aromatic carbocycles. The molecular weight excluding hydrogens is 423 g/mol. The molecule has 1 amide bonds. The minimum absolute atomic E-state index is 0.132. The Hall–Kier alpha value is -2.83. The van der Waals surface area contributed by atoms with E-state index in [9.17, 15) is 4.79 Å². The van der Waals surface area contributed by atoms with Crippen LogP contribution in [-0.2, 0) is 0 Å². The SMILES string of the molecule is CCCN1CCN(C(=O)c2cncnc2Oc2cc(Cl)ccc2Cl)c2ccccc21. The number of hydrogen-bond donors (Lipinski definition) is 0. The molecule has 154 valence electrons. The highest BCUT2D eigenvalue weighted by molar-refractivity contribution is 6.34. The van der Waals surface area contributed by atoms with Crippen molar-refractivity contribution in [3.05, 3.63) is 70.6 Å². The highest BCUT2D eigenvalue weighted by Gasteiger charge is 2.29. The lowest BCUT2D eigenvalue weighted by molar-refractivity contribution is 0.0983. The van der Waals surface area contributed by atoms with Crippen molar-refractivity contribution >= 4 is 40.5 Å². The Morgan fingerprint density at radius 1 is 1.13 bits per heavy atom. The number of amides is 1. The third-order valence-electron chi connectivity index (χ3n) is 4.85. The van der Waals surface area contributed by atoms with Gasteiger partial charge in [-0.1, -0.05) is 42.3 Å². The minimum Gasteiger partial charge on any atom is -0.436 e. The average Bonchev–Trinajstić information content (AvgIpc) is 2.77. The van der Waals surface area contributed by atoms with E-state index in [0.717, 1.165) is 30.9 Å². The Balaban J connectivity index is 1.68. The van der Waals surface area contributed by atoms with Gasteiger partial charge in [0.15, 0.2) is 0 Å². The van der Waals surface area contributed by atoms with Gasteiger partial charge in [0, 0.05) is 36.9 Å². The van der Waals surface area contributed by atoms with E-state index in [1.165, 1.54) is 12.5 Å². The first-order valence-electron chi connectivity index (χ1n) is 9.67. The molecule has 0 unspecified atom stereocenters. The van der Waals surface area contributed by atoms with Gasteiger partial charge in [0.2, 0.25) is 5.88 Å². The van der Waals surface area contributed by atoms with Crippen molar-refractivity contribution in [3.8, 4) is 11.6 Å². The van der Waals surface area contributed by atoms with E-state index in [4.69, 9.17) is 27.9 Å². The molecule has 0 spiro atoms. The summed E-state index contributed by atoms with van der Waals surface area (Å²) in [5, 5.41) is 0.840. The monoisotopic (exact) mass is 442 g/mol. The van der Waals surface area contributed by atoms with Crippen LogP contribution >= 0.6 is 23.2 Å². The Bertz CT molecular complexity index is 1080. The molecular formula is C22H20Cl2N4O2. The first kappa shape index (κ1) is 20.4. The summed E-state index contributed by atoms with van der Waals surface area (Å²) in [7, 11) is 0. The van der Waals surface area contributed by atoms with Crippen molar-refractivity contribution in [2.24, 2.45) is 0 Å². The number of aromatic nitrogens is 2. The zero-order chi connectivity index (χ0) is 21.1. The summed E-state index contributed by atoms with van der Waals surface area (Å²) in [6.45, 7) is 4.39. The van der Waals surface area contributed by atoms with Gasteiger partial charge in [-0.25, -0.2) is 9.97 Å². The summed E-state index contributed by atoms with van der Waals surface area (Å²) in [6, 6.07) is 12.8. The maximum atomic E-state index is 13.5. The standard InChI is InChI=1S/C22H20Cl2N4O2/c1-2-9-27-10-11-28(19-6-4-3-5-18(19)27)22(29)16-13-25-14-26-21(16)30-20-12-15(23)7-8-17(20)24/h3-8,12-14H,2,9-11H2,1H3. The number of halogens is 2. The van der Waals surface area contributed by atoms with E-state index >= 15 is 0 Å². The molecule has 8 heteroatoms. The second kappa shape index (κ2) is 8.90. The number of rotatable bonds is 5. The third-order valence-corrected chi connectivity index (χ3v) is 5.40. The molecule has 0 N–H and O–H groups in total. The van der Waals surface area contributed by atoms with Crippen molar-refractivity contribution in [2.45, 2.75) is 13.3 Å². The molecule has 3 aromatic rings. The molecule has 0 saturated heterocycles. The molecule has 0 saturated carbocycles. The second-order valence-electron chi connectivity index (χ2n) is 6.85. The quantitative estimate of drug-likeness (QED) is 0.525. The molecule has 2 heterocycles. The smallest absolute Gasteiger partial charge is 0.265 e. The molecule has 0 fully saturated rings. The molecule has 0 aliphatic carbocycles. The van der Waals surface area contributed by atoms with Gasteiger partial charge in [-0.15, -0.1) is 0 Å². The molecule has 30 heavy (non-hydrogen) atoms. The topological polar surface area (TPSA) is 58.6 Å². The fraction of sp³-hybridized carbons (Fsp3) is 0.227. The van der Waals surface area contributed by atoms with Crippen LogP contribution in [0.15, 0.2) is 55.0 Å². The first-order chi connectivity index (χ1) is 14.6. The number of nitrogens with zero attached hydrogens (tertiary/aromatic N) is 4. The van der Waals surface area contributed by atoms with Crippen LogP contribution in [0, 0.1) is 0 Å². The van der Waals surface area contributed by atoms with E-state index in [1.807, 2.05) is 24.3 Å². The highest BCUT2D eigenvalue weighted by Crippen LogP contribution is 2.36. The second-order valence-corrected chi connectivity index (χ2v) is 7.69. The number of hydrogen-bond acceptors (Lipinski definition) is 5. The largest absolute Gasteiger partial charge is 0.436 e. The Morgan fingerprint density at radius 3 is 2.73 bits per heavy atom. The van der Waals surface area contributed by atoms with Crippen molar-refractivity contribution < 1.29 is 9.53 Å². The summed E-state index contributed by atoms with van der Waals surface area (Å²) in [5.74, 6) is 0.227. The van der Waals surface area contributed by atoms with Gasteiger partial charge in [0.05, 0.1) is 16.4 Å². The van der Waals surface area contributed by atoms with Gasteiger partial charge in [-0.2, -0.15) is 0 Å². The van der Waals surface area contributed by atoms with E-state index in [1.54, 1.807) is 23.1 Å². The van der Waals surface area contributed by atoms with E-state index < -0.39 is 0 Å². The molecule has 1 aliphatic heterocycles. The summed E-state index contributed by atoms with van der Waals surface area (Å²) >= 11 is 12.3. The van der Waals surface area contributed by atoms with Gasteiger partial charge >= 0.3 is 0 Å². The van der Waals surface area contributed by atoms with Crippen molar-refractivity contribution in [2.75, 3.05) is 29.4 Å². The predicted molar refractivity (Wildman–Crippen MR) is 119 cm³/mol. The van der Waals surface area contributed by atoms with Crippen LogP contribution in [0.4, 0.5) is 11.4 Å². The molecule has 0 bridgehead atoms. The van der Waals surface area contributed by atoms with E-state index in [0.29, 0.717) is 22.3 Å². The van der Waals surface area contributed by atoms with Gasteiger partial charge < -0.3 is 14.5 Å². The number of carbonyl (C=O) groups is 1. The van der Waals surface area contributed by atoms with Gasteiger partial charge in [0.25, 0.3) is 5.91 Å². The molecule has 0 atom stereocenters. The predicted octanol–water partition coefficient (Wildman–Crippen LogP) is 5.45. The van der Waals surface area contributed by atoms with E-state index in [-0.39, 0.29) is 17.4 Å². The number of ether oxygens (including phenoxy) is 1. The number of benzene rings is 2. The van der Waals surface area contributed by atoms with Crippen LogP contribution in [0.2, 0.25) is 10.0 Å². The maximum Gasteiger partial charge on any atom is 0.265 e. The molecule has 1 aliphatic rings. The third kappa shape index (κ3) is 4.06. The van der Waals surface area contributed by atoms with Crippen LogP contribution in [0.25, 0.3) is 0 Å². The van der Waals surface area contributed by atoms with Crippen LogP contribution in [0.5, 0.6) is 11.6 Å². The Labute approximate surface area is 185 Å². The lowest BCUT2D eigenvalue weighted by atomic mass is 10.1. The average molecular weight is 443 g/mol. The highest BCUT2D eigenvalue weighted by atomic mass is 35.5. The molecule has 6 nitrogen and oxygen atoms in total. The summed E-state index contributed by atoms with van der Waals surface area (Å²) in [4.78, 5) is 25.7. The molecule has 1 aromatic heterocycles. The minimum atomic E-state index is -0.229. The van der Waals surface area contributed by atoms with Gasteiger partial charge in [-0.3, -0.25) is 4.79 Å². The van der Waals surface area contributed by atoms with Crippen LogP contribution in [0.1, 0.15) is 23.7 Å². The van der Waals surface area contributed by atoms with Crippen molar-refractivity contribution in [1.82, 2.24) is 9.97 Å². The van der Waals surface area contributed by atoms with Crippen LogP contribution in [-0.4, -0.2) is 35.5 Å². The lowest BCUT2D eigenvalue weighted by Crippen LogP contribution is -2.44. The fourth-order valence-corrected chi connectivity index (χ4v) is 3.80. The van der Waals surface area contributed by atoms with Crippen molar-refractivity contribution in [1.29, 1.82) is 0 Å². The normalized spacial score (nSPS) is 13.2. The zero-order valence-electron chi connectivity index (χ0n) is 16.4. The Kier molecular flexibility index (Phi) is 6.06. The number of carbonyl (C=O) groups excluding carboxylic acids is 1. The lowest BCUT2D eigenvalue weighted by Gasteiger charge is -2.37. The number of anilines is 2. The summed E-state index contributed by atoms with van der Waals surface area (Å²) in [6.07, 6.45) is 3.83. The fourth-order valence-electron chi connectivity index (χ4n) is 3.49. The number of para-hydroxylation sites is 2. The number of fused-ring (bicyclic) bond motifs is 1. The van der Waals surface area contributed by atoms with Gasteiger partial charge in [0.1, 0.15) is 17.6 Å². The molecule has 4 rings (SSSR count). The van der Waals surface area contributed by atoms with Crippen LogP contribution < -0.4 is 14.5 Å². The zero-order valence-corrected chi connectivity index (χ0v) is 17.9.